The number of alkyl halides is 2. The third kappa shape index (κ3) is 4.06. The lowest BCUT2D eigenvalue weighted by Gasteiger charge is -2.27. The van der Waals surface area contributed by atoms with Crippen LogP contribution in [-0.2, 0) is 4.74 Å². The second-order valence-corrected chi connectivity index (χ2v) is 4.23. The van der Waals surface area contributed by atoms with Crippen LogP contribution in [0.5, 0.6) is 5.75 Å². The maximum Gasteiger partial charge on any atom is 0.322 e. The molecule has 0 saturated carbocycles. The molecule has 0 aliphatic carbocycles. The molecule has 0 spiro atoms. The number of urea groups is 1. The zero-order valence-electron chi connectivity index (χ0n) is 10.9. The van der Waals surface area contributed by atoms with Crippen molar-refractivity contribution in [1.82, 2.24) is 4.90 Å². The molecule has 2 amide bonds. The van der Waals surface area contributed by atoms with Crippen LogP contribution < -0.4 is 10.1 Å². The van der Waals surface area contributed by atoms with Gasteiger partial charge in [0.2, 0.25) is 0 Å². The van der Waals surface area contributed by atoms with Crippen molar-refractivity contribution in [2.75, 3.05) is 38.2 Å². The van der Waals surface area contributed by atoms with E-state index in [1.54, 1.807) is 23.1 Å². The molecule has 1 heterocycles. The summed E-state index contributed by atoms with van der Waals surface area (Å²) in [7, 11) is 0. The monoisotopic (exact) mass is 286 g/mol. The highest BCUT2D eigenvalue weighted by Crippen LogP contribution is 2.24. The number of halogens is 2. The molecule has 1 N–H and O–H groups in total. The average molecular weight is 286 g/mol. The second-order valence-electron chi connectivity index (χ2n) is 4.23. The maximum atomic E-state index is 12.2. The van der Waals surface area contributed by atoms with E-state index in [2.05, 4.69) is 5.32 Å². The smallest absolute Gasteiger partial charge is 0.322 e. The Balaban J connectivity index is 1.98. The Hall–Kier alpha value is -1.89. The van der Waals surface area contributed by atoms with Crippen LogP contribution in [0.3, 0.4) is 0 Å². The van der Waals surface area contributed by atoms with E-state index in [1.807, 2.05) is 0 Å². The summed E-state index contributed by atoms with van der Waals surface area (Å²) in [6, 6.07) is 6.22. The van der Waals surface area contributed by atoms with E-state index in [9.17, 15) is 13.6 Å². The van der Waals surface area contributed by atoms with Gasteiger partial charge >= 0.3 is 6.03 Å². The van der Waals surface area contributed by atoms with Crippen molar-refractivity contribution < 1.29 is 23.0 Å². The molecule has 1 aliphatic heterocycles. The number of para-hydroxylation sites is 2. The molecule has 0 unspecified atom stereocenters. The molecule has 1 saturated heterocycles. The van der Waals surface area contributed by atoms with Gasteiger partial charge in [-0.15, -0.1) is 0 Å². The summed E-state index contributed by atoms with van der Waals surface area (Å²) < 4.78 is 34.5. The normalized spacial score (nSPS) is 15.2. The molecule has 0 atom stereocenters. The molecular weight excluding hydrogens is 270 g/mol. The lowest BCUT2D eigenvalue weighted by Crippen LogP contribution is -2.43. The van der Waals surface area contributed by atoms with Crippen molar-refractivity contribution in [2.45, 2.75) is 6.43 Å². The fraction of sp³-hybridized carbons (Fsp3) is 0.462. The minimum atomic E-state index is -2.56. The van der Waals surface area contributed by atoms with Crippen LogP contribution >= 0.6 is 0 Å². The van der Waals surface area contributed by atoms with Crippen molar-refractivity contribution in [3.8, 4) is 5.75 Å². The minimum absolute atomic E-state index is 0.231. The van der Waals surface area contributed by atoms with Crippen molar-refractivity contribution in [3.05, 3.63) is 24.3 Å². The van der Waals surface area contributed by atoms with Gasteiger partial charge in [0.25, 0.3) is 6.43 Å². The van der Waals surface area contributed by atoms with Gasteiger partial charge in [0.1, 0.15) is 12.4 Å². The summed E-state index contributed by atoms with van der Waals surface area (Å²) in [5, 5.41) is 2.67. The summed E-state index contributed by atoms with van der Waals surface area (Å²) in [4.78, 5) is 13.6. The Kier molecular flexibility index (Phi) is 5.11. The van der Waals surface area contributed by atoms with E-state index in [-0.39, 0.29) is 11.8 Å². The highest BCUT2D eigenvalue weighted by atomic mass is 19.3. The van der Waals surface area contributed by atoms with Crippen LogP contribution in [0.15, 0.2) is 24.3 Å². The number of carbonyl (C=O) groups excluding carboxylic acids is 1. The molecule has 0 radical (unpaired) electrons. The van der Waals surface area contributed by atoms with Crippen LogP contribution in [-0.4, -0.2) is 50.3 Å². The van der Waals surface area contributed by atoms with E-state index < -0.39 is 13.0 Å². The van der Waals surface area contributed by atoms with Crippen LogP contribution in [0, 0.1) is 0 Å². The van der Waals surface area contributed by atoms with Crippen LogP contribution in [0.2, 0.25) is 0 Å². The van der Waals surface area contributed by atoms with E-state index in [4.69, 9.17) is 9.47 Å². The lowest BCUT2D eigenvalue weighted by atomic mass is 10.3. The molecule has 1 aromatic carbocycles. The minimum Gasteiger partial charge on any atom is -0.485 e. The SMILES string of the molecule is O=C(Nc1ccccc1OCC(F)F)N1CCOCC1. The molecule has 0 bridgehead atoms. The summed E-state index contributed by atoms with van der Waals surface area (Å²) in [6.07, 6.45) is -2.56. The first-order valence-corrected chi connectivity index (χ1v) is 6.30. The number of rotatable bonds is 4. The lowest BCUT2D eigenvalue weighted by molar-refractivity contribution is 0.0564. The molecular formula is C13H16F2N2O3. The summed E-state index contributed by atoms with van der Waals surface area (Å²) in [5.74, 6) is 0.231. The number of amides is 2. The highest BCUT2D eigenvalue weighted by Gasteiger charge is 2.18. The number of hydrogen-bond donors (Lipinski definition) is 1. The first-order valence-electron chi connectivity index (χ1n) is 6.30. The average Bonchev–Trinajstić information content (AvgIpc) is 2.47. The molecule has 1 fully saturated rings. The number of nitrogens with one attached hydrogen (secondary N) is 1. The zero-order valence-corrected chi connectivity index (χ0v) is 10.9. The number of ether oxygens (including phenoxy) is 2. The molecule has 0 aromatic heterocycles. The van der Waals surface area contributed by atoms with Crippen molar-refractivity contribution in [1.29, 1.82) is 0 Å². The van der Waals surface area contributed by atoms with Crippen molar-refractivity contribution in [3.63, 3.8) is 0 Å². The number of anilines is 1. The number of morpholine rings is 1. The molecule has 1 aromatic rings. The molecule has 5 nitrogen and oxygen atoms in total. The highest BCUT2D eigenvalue weighted by molar-refractivity contribution is 5.91. The van der Waals surface area contributed by atoms with Crippen molar-refractivity contribution in [2.24, 2.45) is 0 Å². The van der Waals surface area contributed by atoms with Crippen molar-refractivity contribution >= 4 is 11.7 Å². The van der Waals surface area contributed by atoms with Gasteiger partial charge in [-0.2, -0.15) is 0 Å². The zero-order chi connectivity index (χ0) is 14.4. The van der Waals surface area contributed by atoms with E-state index >= 15 is 0 Å². The van der Waals surface area contributed by atoms with E-state index in [0.29, 0.717) is 32.0 Å². The number of hydrogen-bond acceptors (Lipinski definition) is 3. The quantitative estimate of drug-likeness (QED) is 0.923. The third-order valence-electron chi connectivity index (χ3n) is 2.79. The Morgan fingerprint density at radius 2 is 2.05 bits per heavy atom. The van der Waals surface area contributed by atoms with Gasteiger partial charge in [-0.3, -0.25) is 0 Å². The standard InChI is InChI=1S/C13H16F2N2O3/c14-12(15)9-20-11-4-2-1-3-10(11)16-13(18)17-5-7-19-8-6-17/h1-4,12H,5-9H2,(H,16,18). The fourth-order valence-electron chi connectivity index (χ4n) is 1.81. The first-order chi connectivity index (χ1) is 9.66. The predicted octanol–water partition coefficient (Wildman–Crippen LogP) is 2.19. The van der Waals surface area contributed by atoms with Gasteiger partial charge in [0.15, 0.2) is 0 Å². The van der Waals surface area contributed by atoms with E-state index in [0.717, 1.165) is 0 Å². The van der Waals surface area contributed by atoms with Gasteiger partial charge < -0.3 is 19.7 Å². The predicted molar refractivity (Wildman–Crippen MR) is 69.4 cm³/mol. The van der Waals surface area contributed by atoms with Gasteiger partial charge in [0.05, 0.1) is 18.9 Å². The molecule has 2 rings (SSSR count). The molecule has 1 aliphatic rings. The number of benzene rings is 1. The second kappa shape index (κ2) is 7.04. The molecule has 110 valence electrons. The van der Waals surface area contributed by atoms with Gasteiger partial charge in [-0.05, 0) is 12.1 Å². The Labute approximate surface area is 115 Å². The van der Waals surface area contributed by atoms with Crippen LogP contribution in [0.4, 0.5) is 19.3 Å². The Morgan fingerprint density at radius 3 is 2.75 bits per heavy atom. The van der Waals surface area contributed by atoms with Gasteiger partial charge in [0, 0.05) is 13.1 Å². The summed E-state index contributed by atoms with van der Waals surface area (Å²) in [5.41, 5.74) is 0.379. The molecule has 7 heteroatoms. The Morgan fingerprint density at radius 1 is 1.35 bits per heavy atom. The number of nitrogens with zero attached hydrogens (tertiary/aromatic N) is 1. The maximum absolute atomic E-state index is 12.2. The van der Waals surface area contributed by atoms with Crippen LogP contribution in [0.25, 0.3) is 0 Å². The van der Waals surface area contributed by atoms with E-state index in [1.165, 1.54) is 6.07 Å². The largest absolute Gasteiger partial charge is 0.485 e. The van der Waals surface area contributed by atoms with Gasteiger partial charge in [-0.25, -0.2) is 13.6 Å². The fourth-order valence-corrected chi connectivity index (χ4v) is 1.81. The number of carbonyl (C=O) groups is 1. The third-order valence-corrected chi connectivity index (χ3v) is 2.79. The molecule has 20 heavy (non-hydrogen) atoms. The van der Waals surface area contributed by atoms with Crippen LogP contribution in [0.1, 0.15) is 0 Å². The summed E-state index contributed by atoms with van der Waals surface area (Å²) in [6.45, 7) is 1.30. The first kappa shape index (κ1) is 14.5. The topological polar surface area (TPSA) is 50.8 Å². The summed E-state index contributed by atoms with van der Waals surface area (Å²) >= 11 is 0. The Bertz CT molecular complexity index is 451. The van der Waals surface area contributed by atoms with Gasteiger partial charge in [-0.1, -0.05) is 12.1 Å².